The maximum Gasteiger partial charge on any atom is 0.0615 e. The van der Waals surface area contributed by atoms with E-state index in [1.54, 1.807) is 0 Å². The Labute approximate surface area is 123 Å². The fourth-order valence-corrected chi connectivity index (χ4v) is 1.60. The molecular formula is C14H33N3O3. The molecule has 20 heavy (non-hydrogen) atoms. The smallest absolute Gasteiger partial charge is 0.0615 e. The third-order valence-electron chi connectivity index (χ3n) is 2.49. The van der Waals surface area contributed by atoms with Crippen molar-refractivity contribution < 1.29 is 14.2 Å². The van der Waals surface area contributed by atoms with E-state index in [2.05, 4.69) is 6.92 Å². The Morgan fingerprint density at radius 2 is 0.950 bits per heavy atom. The van der Waals surface area contributed by atoms with Crippen molar-refractivity contribution in [1.82, 2.24) is 0 Å². The summed E-state index contributed by atoms with van der Waals surface area (Å²) in [4.78, 5) is 0. The van der Waals surface area contributed by atoms with Crippen molar-refractivity contribution in [3.63, 3.8) is 0 Å². The summed E-state index contributed by atoms with van der Waals surface area (Å²) in [7, 11) is 0. The minimum absolute atomic E-state index is 0.0224. The molecule has 3 unspecified atom stereocenters. The van der Waals surface area contributed by atoms with Gasteiger partial charge in [-0.2, -0.15) is 0 Å². The molecule has 0 aliphatic rings. The lowest BCUT2D eigenvalue weighted by atomic mass is 9.94. The molecule has 0 aliphatic heterocycles. The van der Waals surface area contributed by atoms with E-state index < -0.39 is 0 Å². The Kier molecular flexibility index (Phi) is 10.4. The van der Waals surface area contributed by atoms with Crippen LogP contribution in [0.4, 0.5) is 0 Å². The molecule has 0 rings (SSSR count). The maximum atomic E-state index is 5.68. The number of nitrogens with two attached hydrogens (primary N) is 3. The molecule has 3 atom stereocenters. The Bertz CT molecular complexity index is 200. The van der Waals surface area contributed by atoms with Crippen molar-refractivity contribution in [1.29, 1.82) is 0 Å². The zero-order valence-corrected chi connectivity index (χ0v) is 13.4. The van der Waals surface area contributed by atoms with Gasteiger partial charge in [-0.1, -0.05) is 6.92 Å². The van der Waals surface area contributed by atoms with Crippen LogP contribution in [-0.4, -0.2) is 57.8 Å². The molecule has 0 heterocycles. The lowest BCUT2D eigenvalue weighted by Gasteiger charge is -2.30. The molecule has 0 saturated heterocycles. The Balaban J connectivity index is 4.18. The first kappa shape index (κ1) is 19.8. The van der Waals surface area contributed by atoms with Gasteiger partial charge in [0.2, 0.25) is 0 Å². The van der Waals surface area contributed by atoms with Crippen molar-refractivity contribution in [3.05, 3.63) is 0 Å². The minimum atomic E-state index is -0.224. The minimum Gasteiger partial charge on any atom is -0.379 e. The van der Waals surface area contributed by atoms with Gasteiger partial charge in [-0.3, -0.25) is 0 Å². The van der Waals surface area contributed by atoms with Gasteiger partial charge in [0.25, 0.3) is 0 Å². The fraction of sp³-hybridized carbons (Fsp3) is 1.00. The van der Waals surface area contributed by atoms with Gasteiger partial charge in [0.15, 0.2) is 0 Å². The van der Waals surface area contributed by atoms with Crippen LogP contribution in [0.5, 0.6) is 0 Å². The van der Waals surface area contributed by atoms with Gasteiger partial charge in [-0.05, 0) is 20.8 Å². The molecule has 6 nitrogen and oxygen atoms in total. The van der Waals surface area contributed by atoms with Crippen LogP contribution in [0, 0.1) is 5.41 Å². The summed E-state index contributed by atoms with van der Waals surface area (Å²) in [5, 5.41) is 0. The highest BCUT2D eigenvalue weighted by Crippen LogP contribution is 2.18. The molecule has 0 aromatic heterocycles. The molecule has 0 aliphatic carbocycles. The summed E-state index contributed by atoms with van der Waals surface area (Å²) in [6.07, 6.45) is 0. The van der Waals surface area contributed by atoms with E-state index >= 15 is 0 Å². The van der Waals surface area contributed by atoms with Gasteiger partial charge in [-0.15, -0.1) is 0 Å². The van der Waals surface area contributed by atoms with Crippen molar-refractivity contribution >= 4 is 0 Å². The van der Waals surface area contributed by atoms with E-state index in [1.807, 2.05) is 20.8 Å². The van der Waals surface area contributed by atoms with Crippen LogP contribution in [0.25, 0.3) is 0 Å². The quantitative estimate of drug-likeness (QED) is 0.470. The van der Waals surface area contributed by atoms with Crippen molar-refractivity contribution in [3.8, 4) is 0 Å². The first-order chi connectivity index (χ1) is 9.25. The zero-order valence-electron chi connectivity index (χ0n) is 13.4. The van der Waals surface area contributed by atoms with Gasteiger partial charge in [-0.25, -0.2) is 0 Å². The predicted molar refractivity (Wildman–Crippen MR) is 81.5 cm³/mol. The van der Waals surface area contributed by atoms with Gasteiger partial charge >= 0.3 is 0 Å². The van der Waals surface area contributed by atoms with Crippen LogP contribution in [0.3, 0.4) is 0 Å². The SMILES string of the molecule is CC(N)COCC(C)(COCC(C)N)COCC(C)N. The van der Waals surface area contributed by atoms with Crippen LogP contribution in [-0.2, 0) is 14.2 Å². The van der Waals surface area contributed by atoms with Gasteiger partial charge in [0.05, 0.1) is 39.6 Å². The van der Waals surface area contributed by atoms with E-state index in [0.717, 1.165) is 0 Å². The molecule has 0 amide bonds. The van der Waals surface area contributed by atoms with Crippen LogP contribution in [0.1, 0.15) is 27.7 Å². The molecule has 6 N–H and O–H groups in total. The molecule has 0 radical (unpaired) electrons. The Hall–Kier alpha value is -0.240. The number of ether oxygens (including phenoxy) is 3. The second kappa shape index (κ2) is 10.5. The molecule has 0 spiro atoms. The second-order valence-electron chi connectivity index (χ2n) is 6.29. The lowest BCUT2D eigenvalue weighted by molar-refractivity contribution is -0.0636. The topological polar surface area (TPSA) is 106 Å². The third kappa shape index (κ3) is 11.6. The largest absolute Gasteiger partial charge is 0.379 e. The lowest BCUT2D eigenvalue weighted by Crippen LogP contribution is -2.38. The average molecular weight is 291 g/mol. The number of hydrogen-bond acceptors (Lipinski definition) is 6. The summed E-state index contributed by atoms with van der Waals surface area (Å²) in [6.45, 7) is 11.0. The van der Waals surface area contributed by atoms with Gasteiger partial charge in [0, 0.05) is 23.5 Å². The van der Waals surface area contributed by atoms with Crippen molar-refractivity contribution in [2.45, 2.75) is 45.8 Å². The van der Waals surface area contributed by atoms with Crippen molar-refractivity contribution in [2.24, 2.45) is 22.6 Å². The Morgan fingerprint density at radius 3 is 1.15 bits per heavy atom. The van der Waals surface area contributed by atoms with Crippen molar-refractivity contribution in [2.75, 3.05) is 39.6 Å². The molecule has 0 fully saturated rings. The molecule has 0 aromatic rings. The predicted octanol–water partition coefficient (Wildman–Crippen LogP) is 0.0841. The number of hydrogen-bond donors (Lipinski definition) is 3. The number of rotatable bonds is 12. The average Bonchev–Trinajstić information content (AvgIpc) is 2.27. The second-order valence-corrected chi connectivity index (χ2v) is 6.29. The van der Waals surface area contributed by atoms with Crippen LogP contribution >= 0.6 is 0 Å². The van der Waals surface area contributed by atoms with Crippen LogP contribution < -0.4 is 17.2 Å². The van der Waals surface area contributed by atoms with E-state index in [-0.39, 0.29) is 23.5 Å². The highest BCUT2D eigenvalue weighted by Gasteiger charge is 2.26. The molecular weight excluding hydrogens is 258 g/mol. The molecule has 122 valence electrons. The maximum absolute atomic E-state index is 5.68. The molecule has 6 heteroatoms. The van der Waals surface area contributed by atoms with E-state index in [1.165, 1.54) is 0 Å². The molecule has 0 bridgehead atoms. The highest BCUT2D eigenvalue weighted by molar-refractivity contribution is 4.74. The summed E-state index contributed by atoms with van der Waals surface area (Å²) >= 11 is 0. The molecule has 0 aromatic carbocycles. The normalized spacial score (nSPS) is 19.4. The fourth-order valence-electron chi connectivity index (χ4n) is 1.60. The van der Waals surface area contributed by atoms with E-state index in [0.29, 0.717) is 39.6 Å². The zero-order chi connectivity index (χ0) is 15.6. The monoisotopic (exact) mass is 291 g/mol. The van der Waals surface area contributed by atoms with E-state index in [4.69, 9.17) is 31.4 Å². The first-order valence-electron chi connectivity index (χ1n) is 7.25. The molecule has 0 saturated carbocycles. The van der Waals surface area contributed by atoms with Crippen LogP contribution in [0.15, 0.2) is 0 Å². The highest BCUT2D eigenvalue weighted by atomic mass is 16.5. The summed E-state index contributed by atoms with van der Waals surface area (Å²) in [5.74, 6) is 0. The first-order valence-corrected chi connectivity index (χ1v) is 7.25. The standard InChI is InChI=1S/C14H33N3O3/c1-11(15)5-18-8-14(4,9-19-6-12(2)16)10-20-7-13(3)17/h11-13H,5-10,15-17H2,1-4H3. The van der Waals surface area contributed by atoms with Crippen LogP contribution in [0.2, 0.25) is 0 Å². The summed E-state index contributed by atoms with van der Waals surface area (Å²) < 4.78 is 16.9. The summed E-state index contributed by atoms with van der Waals surface area (Å²) in [6, 6.07) is 0.0673. The summed E-state index contributed by atoms with van der Waals surface area (Å²) in [5.41, 5.74) is 16.8. The third-order valence-corrected chi connectivity index (χ3v) is 2.49. The Morgan fingerprint density at radius 1 is 0.700 bits per heavy atom. The van der Waals surface area contributed by atoms with E-state index in [9.17, 15) is 0 Å². The van der Waals surface area contributed by atoms with Gasteiger partial charge in [0.1, 0.15) is 0 Å². The van der Waals surface area contributed by atoms with Gasteiger partial charge < -0.3 is 31.4 Å².